The molecule has 0 amide bonds. The number of rotatable bonds is 13. The predicted molar refractivity (Wildman–Crippen MR) is 153 cm³/mol. The van der Waals surface area contributed by atoms with Crippen LogP contribution < -0.4 is 0 Å². The molecule has 3 aliphatic carbocycles. The maximum absolute atomic E-state index is 10.7. The van der Waals surface area contributed by atoms with E-state index in [4.69, 9.17) is 14.2 Å². The highest BCUT2D eigenvalue weighted by Crippen LogP contribution is 2.67. The van der Waals surface area contributed by atoms with Crippen LogP contribution in [0.4, 0.5) is 0 Å². The van der Waals surface area contributed by atoms with Gasteiger partial charge in [0.2, 0.25) is 0 Å². The molecular weight excluding hydrogens is 508 g/mol. The van der Waals surface area contributed by atoms with Gasteiger partial charge in [-0.25, -0.2) is 0 Å². The molecular formula is C33H52O7. The number of aliphatic hydroxyl groups is 4. The van der Waals surface area contributed by atoms with Crippen molar-refractivity contribution in [1.82, 2.24) is 0 Å². The van der Waals surface area contributed by atoms with Crippen molar-refractivity contribution in [3.8, 4) is 0 Å². The van der Waals surface area contributed by atoms with Gasteiger partial charge in [-0.2, -0.15) is 0 Å². The van der Waals surface area contributed by atoms with Crippen LogP contribution in [0.3, 0.4) is 0 Å². The highest BCUT2D eigenvalue weighted by Gasteiger charge is 2.65. The van der Waals surface area contributed by atoms with E-state index in [0.29, 0.717) is 26.1 Å². The van der Waals surface area contributed by atoms with Crippen molar-refractivity contribution >= 4 is 0 Å². The first-order chi connectivity index (χ1) is 19.1. The molecule has 226 valence electrons. The van der Waals surface area contributed by atoms with Gasteiger partial charge in [-0.3, -0.25) is 0 Å². The first-order valence-corrected chi connectivity index (χ1v) is 15.6. The molecule has 5 rings (SSSR count). The third kappa shape index (κ3) is 3.94. The second-order valence-electron chi connectivity index (χ2n) is 14.0. The second-order valence-corrected chi connectivity index (χ2v) is 14.0. The van der Waals surface area contributed by atoms with Gasteiger partial charge in [0.25, 0.3) is 0 Å². The Kier molecular flexibility index (Phi) is 8.06. The van der Waals surface area contributed by atoms with Crippen molar-refractivity contribution in [3.05, 3.63) is 35.8 Å². The summed E-state index contributed by atoms with van der Waals surface area (Å²) in [4.78, 5) is 0. The van der Waals surface area contributed by atoms with Crippen molar-refractivity contribution in [2.24, 2.45) is 44.8 Å². The fourth-order valence-corrected chi connectivity index (χ4v) is 9.47. The van der Waals surface area contributed by atoms with E-state index >= 15 is 0 Å². The molecule has 0 radical (unpaired) electrons. The number of allylic oxidation sites excluding steroid dienone is 4. The lowest BCUT2D eigenvalue weighted by atomic mass is 9.57. The molecule has 10 unspecified atom stereocenters. The molecule has 5 aliphatic rings. The molecule has 4 bridgehead atoms. The summed E-state index contributed by atoms with van der Waals surface area (Å²) in [5.41, 5.74) is -1.75. The van der Waals surface area contributed by atoms with Crippen LogP contribution in [0.1, 0.15) is 73.1 Å². The first kappa shape index (κ1) is 30.1. The topological polar surface area (TPSA) is 109 Å². The largest absolute Gasteiger partial charge is 0.498 e. The van der Waals surface area contributed by atoms with E-state index < -0.39 is 5.41 Å². The van der Waals surface area contributed by atoms with Gasteiger partial charge < -0.3 is 34.6 Å². The predicted octanol–water partition coefficient (Wildman–Crippen LogP) is 4.36. The van der Waals surface area contributed by atoms with Gasteiger partial charge in [0.15, 0.2) is 0 Å². The number of ether oxygens (including phenoxy) is 3. The standard InChI is InChI=1S/C33H52O7/c1-6-31(18-35)12-11-23(38-16-25-26-9-10-28(40-26)32(25,7-2)19-36)15-29(31,4)21-39-27-14-22-13-24(27)30(5,17-34)33(22,8-3)20-37/h9-11,14,22,24-26,28,34-37H,6-8,12-13,15-21H2,1-5H3. The Morgan fingerprint density at radius 1 is 0.925 bits per heavy atom. The zero-order valence-electron chi connectivity index (χ0n) is 25.2. The third-order valence-corrected chi connectivity index (χ3v) is 13.0. The fourth-order valence-electron chi connectivity index (χ4n) is 9.47. The summed E-state index contributed by atoms with van der Waals surface area (Å²) in [6, 6.07) is 0. The molecule has 0 aromatic carbocycles. The summed E-state index contributed by atoms with van der Waals surface area (Å²) >= 11 is 0. The Balaban J connectivity index is 1.32. The fraction of sp³-hybridized carbons (Fsp3) is 0.818. The Bertz CT molecular complexity index is 1020. The zero-order valence-corrected chi connectivity index (χ0v) is 25.2. The van der Waals surface area contributed by atoms with Gasteiger partial charge in [-0.15, -0.1) is 0 Å². The zero-order chi connectivity index (χ0) is 29.0. The Morgan fingerprint density at radius 2 is 1.70 bits per heavy atom. The van der Waals surface area contributed by atoms with Gasteiger partial charge in [0.1, 0.15) is 0 Å². The Hall–Kier alpha value is -1.38. The van der Waals surface area contributed by atoms with Crippen LogP contribution in [0, 0.1) is 44.8 Å². The average Bonchev–Trinajstić information content (AvgIpc) is 3.74. The van der Waals surface area contributed by atoms with Crippen LogP contribution in [0.25, 0.3) is 0 Å². The van der Waals surface area contributed by atoms with Crippen molar-refractivity contribution in [1.29, 1.82) is 0 Å². The van der Waals surface area contributed by atoms with Crippen LogP contribution in [-0.2, 0) is 14.2 Å². The second kappa shape index (κ2) is 10.7. The molecule has 4 N–H and O–H groups in total. The smallest absolute Gasteiger partial charge is 0.0960 e. The molecule has 40 heavy (non-hydrogen) atoms. The van der Waals surface area contributed by atoms with Gasteiger partial charge >= 0.3 is 0 Å². The SMILES string of the molecule is CCC1(CO)C2C=CC(O2)C1COC1=CCC(CC)(CO)C(C)(COC2=CC3CC2C(C)(CO)C3(CC)CO)C1. The van der Waals surface area contributed by atoms with E-state index in [1.54, 1.807) is 0 Å². The monoisotopic (exact) mass is 560 g/mol. The lowest BCUT2D eigenvalue weighted by molar-refractivity contribution is -0.0952. The first-order valence-electron chi connectivity index (χ1n) is 15.6. The van der Waals surface area contributed by atoms with E-state index in [1.165, 1.54) is 0 Å². The van der Waals surface area contributed by atoms with Crippen LogP contribution in [0.15, 0.2) is 35.8 Å². The molecule has 0 aromatic rings. The van der Waals surface area contributed by atoms with Crippen molar-refractivity contribution in [2.75, 3.05) is 39.6 Å². The van der Waals surface area contributed by atoms with E-state index in [2.05, 4.69) is 58.9 Å². The number of hydrogen-bond acceptors (Lipinski definition) is 7. The van der Waals surface area contributed by atoms with Gasteiger partial charge in [-0.05, 0) is 50.2 Å². The molecule has 10 atom stereocenters. The van der Waals surface area contributed by atoms with E-state index in [-0.39, 0.29) is 78.0 Å². The summed E-state index contributed by atoms with van der Waals surface area (Å²) in [6.07, 6.45) is 13.2. The summed E-state index contributed by atoms with van der Waals surface area (Å²) in [6.45, 7) is 11.9. The number of hydrogen-bond donors (Lipinski definition) is 4. The summed E-state index contributed by atoms with van der Waals surface area (Å²) in [7, 11) is 0. The summed E-state index contributed by atoms with van der Waals surface area (Å²) in [5.74, 6) is 2.21. The minimum absolute atomic E-state index is 0.0197. The van der Waals surface area contributed by atoms with Gasteiger partial charge in [0.05, 0.1) is 43.5 Å². The summed E-state index contributed by atoms with van der Waals surface area (Å²) < 4.78 is 19.3. The molecule has 7 heteroatoms. The van der Waals surface area contributed by atoms with Crippen molar-refractivity contribution in [3.63, 3.8) is 0 Å². The van der Waals surface area contributed by atoms with Gasteiger partial charge in [0, 0.05) is 65.2 Å². The van der Waals surface area contributed by atoms with Crippen molar-refractivity contribution in [2.45, 2.75) is 85.4 Å². The van der Waals surface area contributed by atoms with Crippen LogP contribution in [0.5, 0.6) is 0 Å². The molecule has 2 heterocycles. The maximum atomic E-state index is 10.7. The number of aliphatic hydroxyl groups excluding tert-OH is 4. The lowest BCUT2D eigenvalue weighted by Crippen LogP contribution is -2.50. The average molecular weight is 561 g/mol. The molecule has 7 nitrogen and oxygen atoms in total. The molecule has 1 saturated carbocycles. The van der Waals surface area contributed by atoms with Crippen molar-refractivity contribution < 1.29 is 34.6 Å². The van der Waals surface area contributed by atoms with Crippen LogP contribution in [0.2, 0.25) is 0 Å². The molecule has 1 saturated heterocycles. The highest BCUT2D eigenvalue weighted by atomic mass is 16.5. The Morgan fingerprint density at radius 3 is 2.30 bits per heavy atom. The van der Waals surface area contributed by atoms with Crippen LogP contribution >= 0.6 is 0 Å². The molecule has 0 aromatic heterocycles. The maximum Gasteiger partial charge on any atom is 0.0960 e. The van der Waals surface area contributed by atoms with Crippen LogP contribution in [-0.4, -0.2) is 72.3 Å². The third-order valence-electron chi connectivity index (χ3n) is 13.0. The quantitative estimate of drug-likeness (QED) is 0.248. The highest BCUT2D eigenvalue weighted by molar-refractivity contribution is 5.28. The molecule has 2 aliphatic heterocycles. The van der Waals surface area contributed by atoms with E-state index in [0.717, 1.165) is 37.2 Å². The number of fused-ring (bicyclic) bond motifs is 4. The Labute approximate surface area is 240 Å². The van der Waals surface area contributed by atoms with Gasteiger partial charge in [-0.1, -0.05) is 46.8 Å². The lowest BCUT2D eigenvalue weighted by Gasteiger charge is -2.51. The van der Waals surface area contributed by atoms with E-state index in [1.807, 2.05) is 0 Å². The summed E-state index contributed by atoms with van der Waals surface area (Å²) in [5, 5.41) is 41.9. The normalized spacial score (nSPS) is 47.1. The van der Waals surface area contributed by atoms with E-state index in [9.17, 15) is 20.4 Å². The molecule has 2 fully saturated rings. The molecule has 0 spiro atoms. The minimum atomic E-state index is -0.429. The minimum Gasteiger partial charge on any atom is -0.498 e.